The summed E-state index contributed by atoms with van der Waals surface area (Å²) < 4.78 is 6.86. The Kier molecular flexibility index (Phi) is 4.25. The van der Waals surface area contributed by atoms with Crippen molar-refractivity contribution in [3.05, 3.63) is 72.1 Å². The van der Waals surface area contributed by atoms with Crippen LogP contribution in [-0.2, 0) is 0 Å². The summed E-state index contributed by atoms with van der Waals surface area (Å²) in [7, 11) is 1.57. The van der Waals surface area contributed by atoms with Gasteiger partial charge in [-0.05, 0) is 49.4 Å². The molecule has 0 aliphatic carbocycles. The molecular formula is C20H17N5O2. The second kappa shape index (κ2) is 6.87. The predicted molar refractivity (Wildman–Crippen MR) is 102 cm³/mol. The first kappa shape index (κ1) is 16.7. The molecule has 0 bridgehead atoms. The van der Waals surface area contributed by atoms with Crippen LogP contribution in [0.5, 0.6) is 5.75 Å². The Hall–Kier alpha value is -3.74. The molecule has 1 amide bonds. The lowest BCUT2D eigenvalue weighted by Gasteiger charge is -2.08. The third kappa shape index (κ3) is 3.35. The summed E-state index contributed by atoms with van der Waals surface area (Å²) in [4.78, 5) is 12.4. The molecule has 4 aromatic rings. The molecule has 2 aromatic heterocycles. The molecule has 0 unspecified atom stereocenters. The highest BCUT2D eigenvalue weighted by molar-refractivity contribution is 6.04. The van der Waals surface area contributed by atoms with E-state index in [0.717, 1.165) is 17.1 Å². The number of carbonyl (C=O) groups is 1. The number of nitrogens with one attached hydrogen (secondary N) is 1. The van der Waals surface area contributed by atoms with E-state index in [-0.39, 0.29) is 5.91 Å². The maximum Gasteiger partial charge on any atom is 0.255 e. The number of benzene rings is 2. The van der Waals surface area contributed by atoms with Gasteiger partial charge < -0.3 is 10.1 Å². The number of rotatable bonds is 4. The molecule has 0 fully saturated rings. The first-order valence-corrected chi connectivity index (χ1v) is 8.39. The molecule has 0 atom stereocenters. The number of ether oxygens (including phenoxy) is 1. The second-order valence-electron chi connectivity index (χ2n) is 6.00. The van der Waals surface area contributed by atoms with Crippen LogP contribution in [0.25, 0.3) is 16.9 Å². The molecule has 7 heteroatoms. The van der Waals surface area contributed by atoms with Crippen molar-refractivity contribution in [1.29, 1.82) is 0 Å². The van der Waals surface area contributed by atoms with Crippen LogP contribution in [0.3, 0.4) is 0 Å². The molecule has 0 aliphatic rings. The van der Waals surface area contributed by atoms with Gasteiger partial charge in [0.05, 0.1) is 12.8 Å². The molecule has 2 heterocycles. The largest absolute Gasteiger partial charge is 0.497 e. The zero-order chi connectivity index (χ0) is 18.8. The van der Waals surface area contributed by atoms with E-state index < -0.39 is 0 Å². The number of amides is 1. The van der Waals surface area contributed by atoms with Gasteiger partial charge in [0.15, 0.2) is 11.5 Å². The average molecular weight is 359 g/mol. The zero-order valence-electron chi connectivity index (χ0n) is 14.9. The lowest BCUT2D eigenvalue weighted by atomic mass is 10.1. The number of aryl methyl sites for hydroxylation is 1. The summed E-state index contributed by atoms with van der Waals surface area (Å²) in [6, 6.07) is 18.3. The van der Waals surface area contributed by atoms with Crippen molar-refractivity contribution in [2.75, 3.05) is 12.4 Å². The van der Waals surface area contributed by atoms with Crippen LogP contribution in [0.15, 0.2) is 60.7 Å². The van der Waals surface area contributed by atoms with Crippen LogP contribution >= 0.6 is 0 Å². The Morgan fingerprint density at radius 3 is 2.63 bits per heavy atom. The Morgan fingerprint density at radius 1 is 1.04 bits per heavy atom. The van der Waals surface area contributed by atoms with Crippen molar-refractivity contribution >= 4 is 17.2 Å². The number of methoxy groups -OCH3 is 1. The van der Waals surface area contributed by atoms with E-state index in [2.05, 4.69) is 20.6 Å². The maximum absolute atomic E-state index is 12.4. The fourth-order valence-corrected chi connectivity index (χ4v) is 2.74. The normalized spacial score (nSPS) is 10.7. The fourth-order valence-electron chi connectivity index (χ4n) is 2.74. The number of fused-ring (bicyclic) bond motifs is 1. The van der Waals surface area contributed by atoms with Crippen molar-refractivity contribution in [3.63, 3.8) is 0 Å². The highest BCUT2D eigenvalue weighted by Crippen LogP contribution is 2.21. The average Bonchev–Trinajstić information content (AvgIpc) is 3.09. The van der Waals surface area contributed by atoms with E-state index in [1.54, 1.807) is 35.9 Å². The van der Waals surface area contributed by atoms with Gasteiger partial charge in [-0.25, -0.2) is 0 Å². The molecule has 0 radical (unpaired) electrons. The lowest BCUT2D eigenvalue weighted by molar-refractivity contribution is 0.102. The van der Waals surface area contributed by atoms with Gasteiger partial charge in [0, 0.05) is 16.8 Å². The number of nitrogens with zero attached hydrogens (tertiary/aromatic N) is 4. The summed E-state index contributed by atoms with van der Waals surface area (Å²) in [5, 5.41) is 15.5. The van der Waals surface area contributed by atoms with E-state index in [1.165, 1.54) is 0 Å². The SMILES string of the molecule is COc1cccc(C(=O)Nc2ccc(-c3ccc4nnc(C)n4n3)cc2)c1. The molecule has 4 rings (SSSR count). The molecule has 2 aromatic carbocycles. The quantitative estimate of drug-likeness (QED) is 0.604. The van der Waals surface area contributed by atoms with Crippen LogP contribution < -0.4 is 10.1 Å². The Bertz CT molecular complexity index is 1120. The maximum atomic E-state index is 12.4. The smallest absolute Gasteiger partial charge is 0.255 e. The standard InChI is InChI=1S/C20H17N5O2/c1-13-22-23-19-11-10-18(24-25(13)19)14-6-8-16(9-7-14)21-20(26)15-4-3-5-17(12-15)27-2/h3-12H,1-2H3,(H,21,26). The van der Waals surface area contributed by atoms with Crippen LogP contribution in [0, 0.1) is 6.92 Å². The van der Waals surface area contributed by atoms with Gasteiger partial charge in [0.2, 0.25) is 0 Å². The van der Waals surface area contributed by atoms with Gasteiger partial charge in [-0.1, -0.05) is 18.2 Å². The summed E-state index contributed by atoms with van der Waals surface area (Å²) in [6.45, 7) is 1.86. The number of carbonyl (C=O) groups excluding carboxylic acids is 1. The minimum Gasteiger partial charge on any atom is -0.497 e. The number of hydrogen-bond donors (Lipinski definition) is 1. The minimum absolute atomic E-state index is 0.193. The Morgan fingerprint density at radius 2 is 1.85 bits per heavy atom. The fraction of sp³-hybridized carbons (Fsp3) is 0.100. The lowest BCUT2D eigenvalue weighted by Crippen LogP contribution is -2.11. The highest BCUT2D eigenvalue weighted by Gasteiger charge is 2.09. The van der Waals surface area contributed by atoms with E-state index in [0.29, 0.717) is 22.6 Å². The summed E-state index contributed by atoms with van der Waals surface area (Å²) in [5.74, 6) is 1.18. The van der Waals surface area contributed by atoms with Crippen molar-refractivity contribution in [2.45, 2.75) is 6.92 Å². The topological polar surface area (TPSA) is 81.4 Å². The Labute approximate surface area is 155 Å². The molecule has 134 valence electrons. The third-order valence-electron chi connectivity index (χ3n) is 4.19. The van der Waals surface area contributed by atoms with Crippen molar-refractivity contribution in [2.24, 2.45) is 0 Å². The molecule has 0 spiro atoms. The second-order valence-corrected chi connectivity index (χ2v) is 6.00. The van der Waals surface area contributed by atoms with Gasteiger partial charge in [0.1, 0.15) is 5.75 Å². The predicted octanol–water partition coefficient (Wildman–Crippen LogP) is 3.36. The van der Waals surface area contributed by atoms with E-state index >= 15 is 0 Å². The number of hydrogen-bond acceptors (Lipinski definition) is 5. The molecule has 1 N–H and O–H groups in total. The van der Waals surface area contributed by atoms with Crippen molar-refractivity contribution in [3.8, 4) is 17.0 Å². The molecule has 0 aliphatic heterocycles. The van der Waals surface area contributed by atoms with E-state index in [4.69, 9.17) is 4.74 Å². The first-order chi connectivity index (χ1) is 13.1. The number of anilines is 1. The first-order valence-electron chi connectivity index (χ1n) is 8.39. The Balaban J connectivity index is 1.54. The summed E-state index contributed by atoms with van der Waals surface area (Å²) >= 11 is 0. The molecule has 7 nitrogen and oxygen atoms in total. The van der Waals surface area contributed by atoms with Gasteiger partial charge in [0.25, 0.3) is 5.91 Å². The van der Waals surface area contributed by atoms with Crippen molar-refractivity contribution < 1.29 is 9.53 Å². The monoisotopic (exact) mass is 359 g/mol. The van der Waals surface area contributed by atoms with Crippen LogP contribution in [0.1, 0.15) is 16.2 Å². The van der Waals surface area contributed by atoms with Crippen molar-refractivity contribution in [1.82, 2.24) is 19.8 Å². The van der Waals surface area contributed by atoms with Gasteiger partial charge in [-0.2, -0.15) is 9.61 Å². The van der Waals surface area contributed by atoms with Crippen LogP contribution in [-0.4, -0.2) is 32.8 Å². The summed E-state index contributed by atoms with van der Waals surface area (Å²) in [6.07, 6.45) is 0. The van der Waals surface area contributed by atoms with Gasteiger partial charge >= 0.3 is 0 Å². The molecule has 27 heavy (non-hydrogen) atoms. The van der Waals surface area contributed by atoms with Gasteiger partial charge in [-0.3, -0.25) is 4.79 Å². The zero-order valence-corrected chi connectivity index (χ0v) is 14.9. The number of aromatic nitrogens is 4. The summed E-state index contributed by atoms with van der Waals surface area (Å²) in [5.41, 5.74) is 3.68. The van der Waals surface area contributed by atoms with Gasteiger partial charge in [-0.15, -0.1) is 10.2 Å². The third-order valence-corrected chi connectivity index (χ3v) is 4.19. The van der Waals surface area contributed by atoms with Crippen LogP contribution in [0.4, 0.5) is 5.69 Å². The molecule has 0 saturated carbocycles. The highest BCUT2D eigenvalue weighted by atomic mass is 16.5. The molecule has 0 saturated heterocycles. The minimum atomic E-state index is -0.193. The molecular weight excluding hydrogens is 342 g/mol. The van der Waals surface area contributed by atoms with E-state index in [9.17, 15) is 4.79 Å². The van der Waals surface area contributed by atoms with Crippen LogP contribution in [0.2, 0.25) is 0 Å². The van der Waals surface area contributed by atoms with E-state index in [1.807, 2.05) is 43.3 Å².